The van der Waals surface area contributed by atoms with Crippen LogP contribution in [0.25, 0.3) is 0 Å². The highest BCUT2D eigenvalue weighted by Crippen LogP contribution is 1.98. The van der Waals surface area contributed by atoms with Crippen molar-refractivity contribution < 1.29 is 19.7 Å². The van der Waals surface area contributed by atoms with E-state index in [1.54, 1.807) is 0 Å². The van der Waals surface area contributed by atoms with E-state index in [4.69, 9.17) is 14.9 Å². The number of aliphatic hydroxyl groups excluding tert-OH is 1. The van der Waals surface area contributed by atoms with Gasteiger partial charge in [0.05, 0.1) is 26.4 Å². The highest BCUT2D eigenvalue weighted by molar-refractivity contribution is 5.69. The highest BCUT2D eigenvalue weighted by atomic mass is 16.5. The average Bonchev–Trinajstić information content (AvgIpc) is 2.10. The van der Waals surface area contributed by atoms with Crippen LogP contribution in [-0.2, 0) is 9.53 Å². The zero-order chi connectivity index (χ0) is 11.7. The maximum absolute atomic E-state index is 10.6. The molecule has 5 heteroatoms. The molecule has 15 heavy (non-hydrogen) atoms. The van der Waals surface area contributed by atoms with Crippen LogP contribution in [0.15, 0.2) is 0 Å². The molecule has 0 aliphatic rings. The van der Waals surface area contributed by atoms with E-state index in [-0.39, 0.29) is 13.2 Å². The summed E-state index contributed by atoms with van der Waals surface area (Å²) in [6.45, 7) is 6.24. The molecule has 0 bridgehead atoms. The predicted octanol–water partition coefficient (Wildman–Crippen LogP) is 0.0379. The fraction of sp³-hybridized carbons (Fsp3) is 0.900. The number of ether oxygens (including phenoxy) is 1. The Morgan fingerprint density at radius 3 is 2.53 bits per heavy atom. The number of hydrogen-bond donors (Lipinski definition) is 2. The van der Waals surface area contributed by atoms with E-state index in [2.05, 4.69) is 0 Å². The van der Waals surface area contributed by atoms with Crippen molar-refractivity contribution in [3.05, 3.63) is 0 Å². The summed E-state index contributed by atoms with van der Waals surface area (Å²) in [5.41, 5.74) is 0. The van der Waals surface area contributed by atoms with Gasteiger partial charge in [-0.3, -0.25) is 9.69 Å². The molecule has 0 amide bonds. The van der Waals surface area contributed by atoms with Gasteiger partial charge in [0.15, 0.2) is 0 Å². The Hall–Kier alpha value is -0.650. The van der Waals surface area contributed by atoms with E-state index < -0.39 is 5.97 Å². The molecule has 0 aromatic heterocycles. The Kier molecular flexibility index (Phi) is 8.27. The predicted molar refractivity (Wildman–Crippen MR) is 56.8 cm³/mol. The van der Waals surface area contributed by atoms with E-state index in [0.29, 0.717) is 25.7 Å². The van der Waals surface area contributed by atoms with Crippen molar-refractivity contribution >= 4 is 5.97 Å². The molecule has 0 atom stereocenters. The molecule has 0 aliphatic carbocycles. The summed E-state index contributed by atoms with van der Waals surface area (Å²) in [6.07, 6.45) is 0. The van der Waals surface area contributed by atoms with Crippen LogP contribution in [0.1, 0.15) is 13.8 Å². The number of nitrogens with zero attached hydrogens (tertiary/aromatic N) is 1. The Morgan fingerprint density at radius 1 is 1.40 bits per heavy atom. The van der Waals surface area contributed by atoms with Crippen LogP contribution in [0.3, 0.4) is 0 Å². The van der Waals surface area contributed by atoms with Crippen LogP contribution in [-0.4, -0.2) is 60.5 Å². The summed E-state index contributed by atoms with van der Waals surface area (Å²) in [7, 11) is 0. The molecule has 0 aromatic rings. The Labute approximate surface area is 90.6 Å². The summed E-state index contributed by atoms with van der Waals surface area (Å²) in [6, 6.07) is 0. The van der Waals surface area contributed by atoms with Gasteiger partial charge >= 0.3 is 5.97 Å². The van der Waals surface area contributed by atoms with Crippen molar-refractivity contribution in [1.29, 1.82) is 0 Å². The minimum atomic E-state index is -0.821. The second kappa shape index (κ2) is 8.64. The number of carboxylic acids is 1. The molecular weight excluding hydrogens is 198 g/mol. The van der Waals surface area contributed by atoms with Crippen LogP contribution in [0.2, 0.25) is 0 Å². The topological polar surface area (TPSA) is 70.0 Å². The lowest BCUT2D eigenvalue weighted by molar-refractivity contribution is -0.138. The van der Waals surface area contributed by atoms with Gasteiger partial charge in [-0.25, -0.2) is 0 Å². The molecule has 0 radical (unpaired) electrons. The van der Waals surface area contributed by atoms with Crippen molar-refractivity contribution in [2.24, 2.45) is 5.92 Å². The number of hydrogen-bond acceptors (Lipinski definition) is 4. The van der Waals surface area contributed by atoms with E-state index >= 15 is 0 Å². The number of rotatable bonds is 9. The Balaban J connectivity index is 3.74. The molecular formula is C10H21NO4. The molecule has 90 valence electrons. The second-order valence-corrected chi connectivity index (χ2v) is 3.86. The number of aliphatic carboxylic acids is 1. The molecule has 5 nitrogen and oxygen atoms in total. The first-order valence-corrected chi connectivity index (χ1v) is 5.19. The first-order valence-electron chi connectivity index (χ1n) is 5.19. The molecule has 0 aliphatic heterocycles. The van der Waals surface area contributed by atoms with E-state index in [0.717, 1.165) is 6.54 Å². The molecule has 0 rings (SSSR count). The maximum Gasteiger partial charge on any atom is 0.317 e. The summed E-state index contributed by atoms with van der Waals surface area (Å²) in [5, 5.41) is 17.2. The van der Waals surface area contributed by atoms with Crippen LogP contribution in [0.5, 0.6) is 0 Å². The van der Waals surface area contributed by atoms with Gasteiger partial charge in [0, 0.05) is 13.1 Å². The van der Waals surface area contributed by atoms with Gasteiger partial charge in [-0.05, 0) is 5.92 Å². The third-order valence-corrected chi connectivity index (χ3v) is 1.77. The van der Waals surface area contributed by atoms with Gasteiger partial charge in [-0.1, -0.05) is 13.8 Å². The van der Waals surface area contributed by atoms with Crippen LogP contribution < -0.4 is 0 Å². The lowest BCUT2D eigenvalue weighted by Gasteiger charge is -2.21. The normalized spacial score (nSPS) is 11.3. The maximum atomic E-state index is 10.6. The standard InChI is InChI=1S/C10H21NO4/c1-9(2)7-11(8-10(13)14)3-5-15-6-4-12/h9,12H,3-8H2,1-2H3,(H,13,14). The number of carboxylic acid groups (broad SMARTS) is 1. The lowest BCUT2D eigenvalue weighted by Crippen LogP contribution is -2.35. The van der Waals surface area contributed by atoms with Crippen molar-refractivity contribution in [1.82, 2.24) is 4.90 Å². The smallest absolute Gasteiger partial charge is 0.317 e. The molecule has 0 heterocycles. The molecule has 0 unspecified atom stereocenters. The molecule has 0 saturated carbocycles. The van der Waals surface area contributed by atoms with E-state index in [9.17, 15) is 4.79 Å². The molecule has 2 N–H and O–H groups in total. The fourth-order valence-electron chi connectivity index (χ4n) is 1.30. The SMILES string of the molecule is CC(C)CN(CCOCCO)CC(=O)O. The number of aliphatic hydroxyl groups is 1. The highest BCUT2D eigenvalue weighted by Gasteiger charge is 2.10. The molecule has 0 aromatic carbocycles. The Morgan fingerprint density at radius 2 is 2.07 bits per heavy atom. The summed E-state index contributed by atoms with van der Waals surface area (Å²) in [4.78, 5) is 12.4. The number of carbonyl (C=O) groups is 1. The lowest BCUT2D eigenvalue weighted by atomic mass is 10.2. The van der Waals surface area contributed by atoms with Gasteiger partial charge in [0.2, 0.25) is 0 Å². The van der Waals surface area contributed by atoms with Crippen molar-refractivity contribution in [2.75, 3.05) is 39.5 Å². The van der Waals surface area contributed by atoms with Gasteiger partial charge < -0.3 is 14.9 Å². The van der Waals surface area contributed by atoms with Crippen molar-refractivity contribution in [2.45, 2.75) is 13.8 Å². The van der Waals surface area contributed by atoms with Crippen LogP contribution >= 0.6 is 0 Å². The van der Waals surface area contributed by atoms with Gasteiger partial charge in [-0.2, -0.15) is 0 Å². The third kappa shape index (κ3) is 9.65. The van der Waals surface area contributed by atoms with Crippen LogP contribution in [0.4, 0.5) is 0 Å². The van der Waals surface area contributed by atoms with E-state index in [1.165, 1.54) is 0 Å². The van der Waals surface area contributed by atoms with Crippen molar-refractivity contribution in [3.8, 4) is 0 Å². The summed E-state index contributed by atoms with van der Waals surface area (Å²) in [5.74, 6) is -0.389. The third-order valence-electron chi connectivity index (χ3n) is 1.77. The fourth-order valence-corrected chi connectivity index (χ4v) is 1.30. The zero-order valence-corrected chi connectivity index (χ0v) is 9.48. The van der Waals surface area contributed by atoms with Gasteiger partial charge in [0.25, 0.3) is 0 Å². The molecule has 0 spiro atoms. The zero-order valence-electron chi connectivity index (χ0n) is 9.48. The van der Waals surface area contributed by atoms with Gasteiger partial charge in [0.1, 0.15) is 0 Å². The van der Waals surface area contributed by atoms with Gasteiger partial charge in [-0.15, -0.1) is 0 Å². The average molecular weight is 219 g/mol. The summed E-state index contributed by atoms with van der Waals surface area (Å²) >= 11 is 0. The minimum absolute atomic E-state index is 0.00309. The first-order chi connectivity index (χ1) is 7.06. The molecule has 0 fully saturated rings. The van der Waals surface area contributed by atoms with Crippen LogP contribution in [0, 0.1) is 5.92 Å². The van der Waals surface area contributed by atoms with E-state index in [1.807, 2.05) is 18.7 Å². The van der Waals surface area contributed by atoms with Crippen molar-refractivity contribution in [3.63, 3.8) is 0 Å². The Bertz CT molecular complexity index is 173. The minimum Gasteiger partial charge on any atom is -0.480 e. The summed E-state index contributed by atoms with van der Waals surface area (Å²) < 4.78 is 5.09. The first kappa shape index (κ1) is 14.3. The monoisotopic (exact) mass is 219 g/mol. The second-order valence-electron chi connectivity index (χ2n) is 3.86. The largest absolute Gasteiger partial charge is 0.480 e. The quantitative estimate of drug-likeness (QED) is 0.536. The molecule has 0 saturated heterocycles.